The molecule has 108 valence electrons. The van der Waals surface area contributed by atoms with E-state index in [1.165, 1.54) is 10.7 Å². The third-order valence-corrected chi connectivity index (χ3v) is 4.13. The summed E-state index contributed by atoms with van der Waals surface area (Å²) >= 11 is 9.02. The fraction of sp³-hybridized carbons (Fsp3) is 0.308. The van der Waals surface area contributed by atoms with Crippen LogP contribution in [0.5, 0.6) is 0 Å². The average Bonchev–Trinajstić information content (AvgIpc) is 2.63. The van der Waals surface area contributed by atoms with Crippen molar-refractivity contribution < 1.29 is 13.9 Å². The van der Waals surface area contributed by atoms with E-state index in [1.807, 2.05) is 0 Å². The highest BCUT2D eigenvalue weighted by Crippen LogP contribution is 2.31. The lowest BCUT2D eigenvalue weighted by molar-refractivity contribution is 0.175. The molecule has 20 heavy (non-hydrogen) atoms. The van der Waals surface area contributed by atoms with E-state index in [9.17, 15) is 13.9 Å². The number of aliphatic hydroxyl groups excluding tert-OH is 1. The van der Waals surface area contributed by atoms with Crippen molar-refractivity contribution in [2.75, 3.05) is 0 Å². The summed E-state index contributed by atoms with van der Waals surface area (Å²) in [4.78, 5) is 0. The summed E-state index contributed by atoms with van der Waals surface area (Å²) in [7, 11) is 1.63. The molecule has 0 aliphatic heterocycles. The highest BCUT2D eigenvalue weighted by Gasteiger charge is 2.23. The first kappa shape index (κ1) is 15.4. The number of hydrogen-bond acceptors (Lipinski definition) is 2. The van der Waals surface area contributed by atoms with E-state index in [0.29, 0.717) is 11.3 Å². The van der Waals surface area contributed by atoms with E-state index in [0.717, 1.165) is 6.07 Å². The summed E-state index contributed by atoms with van der Waals surface area (Å²) in [6.45, 7) is 1.68. The zero-order chi connectivity index (χ0) is 15.0. The summed E-state index contributed by atoms with van der Waals surface area (Å²) in [6.07, 6.45) is -1.35. The lowest BCUT2D eigenvalue weighted by atomic mass is 10.0. The van der Waals surface area contributed by atoms with E-state index < -0.39 is 17.7 Å². The van der Waals surface area contributed by atoms with Gasteiger partial charge in [-0.2, -0.15) is 5.10 Å². The minimum absolute atomic E-state index is 0.148. The van der Waals surface area contributed by atoms with Crippen LogP contribution in [-0.4, -0.2) is 14.9 Å². The van der Waals surface area contributed by atoms with E-state index in [1.54, 1.807) is 14.0 Å². The molecule has 1 atom stereocenters. The molecule has 1 N–H and O–H groups in total. The molecular weight excluding hydrogens is 354 g/mol. The summed E-state index contributed by atoms with van der Waals surface area (Å²) in [5, 5.41) is 14.5. The maximum absolute atomic E-state index is 13.9. The first-order chi connectivity index (χ1) is 9.32. The lowest BCUT2D eigenvalue weighted by Gasteiger charge is -2.13. The van der Waals surface area contributed by atoms with Gasteiger partial charge in [0.25, 0.3) is 0 Å². The van der Waals surface area contributed by atoms with E-state index in [4.69, 9.17) is 11.6 Å². The summed E-state index contributed by atoms with van der Waals surface area (Å²) < 4.78 is 29.1. The molecule has 1 aromatic carbocycles. The zero-order valence-electron chi connectivity index (χ0n) is 10.8. The Bertz CT molecular complexity index is 660. The molecule has 0 saturated heterocycles. The summed E-state index contributed by atoms with van der Waals surface area (Å²) in [5.41, 5.74) is 0.722. The molecule has 1 unspecified atom stereocenters. The second-order valence-electron chi connectivity index (χ2n) is 4.46. The Morgan fingerprint density at radius 3 is 2.65 bits per heavy atom. The number of aliphatic hydroxyl groups is 1. The molecule has 2 rings (SSSR count). The van der Waals surface area contributed by atoms with Crippen molar-refractivity contribution in [1.29, 1.82) is 0 Å². The van der Waals surface area contributed by atoms with Crippen LogP contribution in [0.3, 0.4) is 0 Å². The van der Waals surface area contributed by atoms with Crippen LogP contribution in [0.15, 0.2) is 16.6 Å². The fourth-order valence-electron chi connectivity index (χ4n) is 2.08. The molecule has 0 spiro atoms. The van der Waals surface area contributed by atoms with Gasteiger partial charge in [-0.1, -0.05) is 11.6 Å². The van der Waals surface area contributed by atoms with Gasteiger partial charge in [-0.3, -0.25) is 4.68 Å². The number of hydrogen-bond donors (Lipinski definition) is 1. The number of halogens is 4. The Labute approximate surface area is 128 Å². The molecule has 1 heterocycles. The van der Waals surface area contributed by atoms with Crippen molar-refractivity contribution in [2.24, 2.45) is 7.05 Å². The molecular formula is C13H12BrClF2N2O. The number of nitrogens with zero attached hydrogens (tertiary/aromatic N) is 2. The Morgan fingerprint density at radius 2 is 2.10 bits per heavy atom. The van der Waals surface area contributed by atoms with Crippen molar-refractivity contribution >= 4 is 27.5 Å². The number of aryl methyl sites for hydroxylation is 2. The second-order valence-corrected chi connectivity index (χ2v) is 5.67. The van der Waals surface area contributed by atoms with Crippen LogP contribution in [0.4, 0.5) is 8.78 Å². The highest BCUT2D eigenvalue weighted by atomic mass is 79.9. The van der Waals surface area contributed by atoms with Gasteiger partial charge in [0.1, 0.15) is 16.8 Å². The average molecular weight is 366 g/mol. The molecule has 0 saturated carbocycles. The van der Waals surface area contributed by atoms with Gasteiger partial charge in [-0.05, 0) is 35.0 Å². The van der Waals surface area contributed by atoms with Crippen molar-refractivity contribution in [3.63, 3.8) is 0 Å². The molecule has 3 nitrogen and oxygen atoms in total. The first-order valence-electron chi connectivity index (χ1n) is 5.82. The lowest BCUT2D eigenvalue weighted by Crippen LogP contribution is -2.07. The van der Waals surface area contributed by atoms with Gasteiger partial charge >= 0.3 is 0 Å². The summed E-state index contributed by atoms with van der Waals surface area (Å²) in [6, 6.07) is 2.43. The van der Waals surface area contributed by atoms with Gasteiger partial charge in [0.2, 0.25) is 0 Å². The minimum atomic E-state index is -1.13. The molecule has 2 aromatic rings. The largest absolute Gasteiger partial charge is 0.388 e. The van der Waals surface area contributed by atoms with E-state index >= 15 is 0 Å². The Morgan fingerprint density at radius 1 is 1.45 bits per heavy atom. The van der Waals surface area contributed by atoms with Crippen LogP contribution in [-0.2, 0) is 13.5 Å². The Balaban J connectivity index is 2.38. The number of benzene rings is 1. The molecule has 0 radical (unpaired) electrons. The van der Waals surface area contributed by atoms with Crippen LogP contribution < -0.4 is 0 Å². The highest BCUT2D eigenvalue weighted by molar-refractivity contribution is 9.10. The SMILES string of the molecule is Cc1nn(C)c(Cl)c1C(O)Cc1c(F)ccc(Br)c1F. The first-order valence-corrected chi connectivity index (χ1v) is 6.99. The van der Waals surface area contributed by atoms with Crippen molar-refractivity contribution in [2.45, 2.75) is 19.4 Å². The molecule has 0 aliphatic carbocycles. The Hall–Kier alpha value is -0.980. The zero-order valence-corrected chi connectivity index (χ0v) is 13.1. The normalized spacial score (nSPS) is 12.8. The third-order valence-electron chi connectivity index (χ3n) is 3.07. The topological polar surface area (TPSA) is 38.0 Å². The van der Waals surface area contributed by atoms with Crippen LogP contribution in [0.25, 0.3) is 0 Å². The summed E-state index contributed by atoms with van der Waals surface area (Å²) in [5.74, 6) is -1.43. The predicted octanol–water partition coefficient (Wildman–Crippen LogP) is 3.70. The molecule has 0 bridgehead atoms. The van der Waals surface area contributed by atoms with Gasteiger partial charge < -0.3 is 5.11 Å². The molecule has 7 heteroatoms. The standard InChI is InChI=1S/C13H12BrClF2N2O/c1-6-11(13(15)19(2)18-6)10(20)5-7-9(16)4-3-8(14)12(7)17/h3-4,10,20H,5H2,1-2H3. The van der Waals surface area contributed by atoms with Gasteiger partial charge in [0, 0.05) is 24.6 Å². The number of aromatic nitrogens is 2. The quantitative estimate of drug-likeness (QED) is 0.842. The molecule has 0 amide bonds. The van der Waals surface area contributed by atoms with Gasteiger partial charge in [0.05, 0.1) is 16.3 Å². The van der Waals surface area contributed by atoms with E-state index in [2.05, 4.69) is 21.0 Å². The van der Waals surface area contributed by atoms with Gasteiger partial charge in [-0.15, -0.1) is 0 Å². The van der Waals surface area contributed by atoms with Gasteiger partial charge in [-0.25, -0.2) is 8.78 Å². The number of rotatable bonds is 3. The van der Waals surface area contributed by atoms with Crippen molar-refractivity contribution in [3.8, 4) is 0 Å². The van der Waals surface area contributed by atoms with Crippen LogP contribution >= 0.6 is 27.5 Å². The Kier molecular flexibility index (Phi) is 4.46. The van der Waals surface area contributed by atoms with Crippen molar-refractivity contribution in [1.82, 2.24) is 9.78 Å². The predicted molar refractivity (Wildman–Crippen MR) is 75.7 cm³/mol. The molecule has 0 aliphatic rings. The van der Waals surface area contributed by atoms with Crippen molar-refractivity contribution in [3.05, 3.63) is 50.2 Å². The van der Waals surface area contributed by atoms with Crippen LogP contribution in [0.2, 0.25) is 5.15 Å². The monoisotopic (exact) mass is 364 g/mol. The van der Waals surface area contributed by atoms with Crippen LogP contribution in [0, 0.1) is 18.6 Å². The maximum atomic E-state index is 13.9. The minimum Gasteiger partial charge on any atom is -0.388 e. The molecule has 1 aromatic heterocycles. The maximum Gasteiger partial charge on any atom is 0.143 e. The van der Waals surface area contributed by atoms with Crippen LogP contribution in [0.1, 0.15) is 22.9 Å². The smallest absolute Gasteiger partial charge is 0.143 e. The third kappa shape index (κ3) is 2.73. The molecule has 0 fully saturated rings. The van der Waals surface area contributed by atoms with Gasteiger partial charge in [0.15, 0.2) is 0 Å². The second kappa shape index (κ2) is 5.79. The van der Waals surface area contributed by atoms with E-state index in [-0.39, 0.29) is 21.6 Å². The fourth-order valence-corrected chi connectivity index (χ4v) is 2.75.